The molecule has 1 aliphatic rings. The SMILES string of the molecule is COc1ccc2c(c1)C(NC(=O)/C(=C/c1ccco1)NC(=O)c1ccccc1)CC(C)(C)O2. The van der Waals surface area contributed by atoms with Crippen molar-refractivity contribution in [1.29, 1.82) is 0 Å². The third kappa shape index (κ3) is 5.26. The van der Waals surface area contributed by atoms with Crippen LogP contribution in [0.15, 0.2) is 77.0 Å². The fourth-order valence-corrected chi connectivity index (χ4v) is 3.78. The summed E-state index contributed by atoms with van der Waals surface area (Å²) in [6, 6.07) is 17.3. The molecule has 2 aromatic carbocycles. The molecule has 4 rings (SSSR count). The predicted octanol–water partition coefficient (Wildman–Crippen LogP) is 4.48. The molecule has 0 bridgehead atoms. The van der Waals surface area contributed by atoms with Gasteiger partial charge in [0.1, 0.15) is 28.6 Å². The monoisotopic (exact) mass is 446 g/mol. The number of ether oxygens (including phenoxy) is 2. The first-order valence-electron chi connectivity index (χ1n) is 10.6. The molecule has 170 valence electrons. The van der Waals surface area contributed by atoms with E-state index < -0.39 is 17.4 Å². The lowest BCUT2D eigenvalue weighted by molar-refractivity contribution is -0.119. The van der Waals surface area contributed by atoms with Crippen LogP contribution in [0.3, 0.4) is 0 Å². The molecule has 1 aliphatic heterocycles. The number of carbonyl (C=O) groups excluding carboxylic acids is 2. The molecule has 2 amide bonds. The van der Waals surface area contributed by atoms with Crippen LogP contribution in [0, 0.1) is 0 Å². The maximum Gasteiger partial charge on any atom is 0.268 e. The molecule has 1 atom stereocenters. The summed E-state index contributed by atoms with van der Waals surface area (Å²) in [5.74, 6) is 0.968. The van der Waals surface area contributed by atoms with Gasteiger partial charge in [-0.1, -0.05) is 18.2 Å². The molecule has 0 fully saturated rings. The number of rotatable bonds is 6. The summed E-state index contributed by atoms with van der Waals surface area (Å²) in [6.07, 6.45) is 3.55. The van der Waals surface area contributed by atoms with Gasteiger partial charge in [-0.05, 0) is 56.3 Å². The van der Waals surface area contributed by atoms with Crippen LogP contribution < -0.4 is 20.1 Å². The zero-order valence-corrected chi connectivity index (χ0v) is 18.8. The molecule has 0 aliphatic carbocycles. The van der Waals surface area contributed by atoms with Crippen molar-refractivity contribution in [2.24, 2.45) is 0 Å². The molecule has 7 heteroatoms. The van der Waals surface area contributed by atoms with Crippen LogP contribution >= 0.6 is 0 Å². The second-order valence-electron chi connectivity index (χ2n) is 8.39. The Morgan fingerprint density at radius 3 is 2.58 bits per heavy atom. The standard InChI is InChI=1S/C26H26N2O5/c1-26(2)16-22(20-14-18(31-3)11-12-23(20)33-26)28-25(30)21(15-19-10-7-13-32-19)27-24(29)17-8-5-4-6-9-17/h4-15,22H,16H2,1-3H3,(H,27,29)(H,28,30)/b21-15-. The van der Waals surface area contributed by atoms with Crippen molar-refractivity contribution in [3.8, 4) is 11.5 Å². The van der Waals surface area contributed by atoms with E-state index in [4.69, 9.17) is 13.9 Å². The second kappa shape index (κ2) is 9.24. The summed E-state index contributed by atoms with van der Waals surface area (Å²) in [7, 11) is 1.59. The van der Waals surface area contributed by atoms with Gasteiger partial charge in [0.25, 0.3) is 11.8 Å². The van der Waals surface area contributed by atoms with Crippen LogP contribution in [0.2, 0.25) is 0 Å². The minimum Gasteiger partial charge on any atom is -0.497 e. The molecule has 33 heavy (non-hydrogen) atoms. The van der Waals surface area contributed by atoms with Crippen molar-refractivity contribution in [2.45, 2.75) is 31.9 Å². The lowest BCUT2D eigenvalue weighted by atomic mass is 9.89. The third-order valence-electron chi connectivity index (χ3n) is 5.34. The van der Waals surface area contributed by atoms with Gasteiger partial charge >= 0.3 is 0 Å². The van der Waals surface area contributed by atoms with E-state index in [1.807, 2.05) is 38.1 Å². The Morgan fingerprint density at radius 1 is 1.09 bits per heavy atom. The van der Waals surface area contributed by atoms with E-state index in [2.05, 4.69) is 10.6 Å². The predicted molar refractivity (Wildman–Crippen MR) is 124 cm³/mol. The van der Waals surface area contributed by atoms with Gasteiger partial charge in [0.2, 0.25) is 0 Å². The summed E-state index contributed by atoms with van der Waals surface area (Å²) < 4.78 is 16.8. The van der Waals surface area contributed by atoms with Crippen LogP contribution in [0.4, 0.5) is 0 Å². The van der Waals surface area contributed by atoms with Crippen molar-refractivity contribution in [2.75, 3.05) is 7.11 Å². The number of hydrogen-bond acceptors (Lipinski definition) is 5. The number of amides is 2. The maximum absolute atomic E-state index is 13.4. The van der Waals surface area contributed by atoms with Crippen molar-refractivity contribution >= 4 is 17.9 Å². The molecular formula is C26H26N2O5. The van der Waals surface area contributed by atoms with Gasteiger partial charge in [0.05, 0.1) is 19.4 Å². The molecule has 0 spiro atoms. The first kappa shape index (κ1) is 22.2. The average molecular weight is 447 g/mol. The molecule has 0 saturated heterocycles. The largest absolute Gasteiger partial charge is 0.497 e. The lowest BCUT2D eigenvalue weighted by Crippen LogP contribution is -2.43. The average Bonchev–Trinajstić information content (AvgIpc) is 3.31. The first-order valence-corrected chi connectivity index (χ1v) is 10.6. The van der Waals surface area contributed by atoms with Crippen LogP contribution in [0.25, 0.3) is 6.08 Å². The Labute approximate surface area is 192 Å². The quantitative estimate of drug-likeness (QED) is 0.545. The summed E-state index contributed by atoms with van der Waals surface area (Å²) in [5.41, 5.74) is 0.844. The van der Waals surface area contributed by atoms with Crippen molar-refractivity contribution in [3.05, 3.63) is 89.5 Å². The van der Waals surface area contributed by atoms with E-state index in [-0.39, 0.29) is 11.7 Å². The Bertz CT molecular complexity index is 1170. The molecule has 1 aromatic heterocycles. The first-order chi connectivity index (χ1) is 15.8. The smallest absolute Gasteiger partial charge is 0.268 e. The molecule has 3 aromatic rings. The van der Waals surface area contributed by atoms with E-state index in [0.717, 1.165) is 5.56 Å². The number of benzene rings is 2. The highest BCUT2D eigenvalue weighted by atomic mass is 16.5. The number of hydrogen-bond donors (Lipinski definition) is 2. The summed E-state index contributed by atoms with van der Waals surface area (Å²) in [5, 5.41) is 5.77. The normalized spacial score (nSPS) is 16.8. The highest BCUT2D eigenvalue weighted by molar-refractivity contribution is 6.05. The Kier molecular flexibility index (Phi) is 6.22. The fourth-order valence-electron chi connectivity index (χ4n) is 3.78. The molecular weight excluding hydrogens is 420 g/mol. The third-order valence-corrected chi connectivity index (χ3v) is 5.34. The van der Waals surface area contributed by atoms with E-state index in [0.29, 0.717) is 29.2 Å². The molecule has 1 unspecified atom stereocenters. The van der Waals surface area contributed by atoms with E-state index in [1.54, 1.807) is 43.5 Å². The van der Waals surface area contributed by atoms with Crippen molar-refractivity contribution < 1.29 is 23.5 Å². The molecule has 7 nitrogen and oxygen atoms in total. The van der Waals surface area contributed by atoms with Crippen molar-refractivity contribution in [1.82, 2.24) is 10.6 Å². The summed E-state index contributed by atoms with van der Waals surface area (Å²) in [4.78, 5) is 26.1. The van der Waals surface area contributed by atoms with Gasteiger partial charge in [-0.3, -0.25) is 9.59 Å². The summed E-state index contributed by atoms with van der Waals surface area (Å²) in [6.45, 7) is 3.94. The Balaban J connectivity index is 1.62. The van der Waals surface area contributed by atoms with E-state index >= 15 is 0 Å². The second-order valence-corrected chi connectivity index (χ2v) is 8.39. The van der Waals surface area contributed by atoms with Crippen LogP contribution in [0.1, 0.15) is 48.0 Å². The number of carbonyl (C=O) groups is 2. The molecule has 0 saturated carbocycles. The van der Waals surface area contributed by atoms with Gasteiger partial charge in [0.15, 0.2) is 0 Å². The van der Waals surface area contributed by atoms with E-state index in [9.17, 15) is 9.59 Å². The number of methoxy groups -OCH3 is 1. The summed E-state index contributed by atoms with van der Waals surface area (Å²) >= 11 is 0. The Morgan fingerprint density at radius 2 is 1.88 bits per heavy atom. The van der Waals surface area contributed by atoms with Crippen molar-refractivity contribution in [3.63, 3.8) is 0 Å². The number of fused-ring (bicyclic) bond motifs is 1. The highest BCUT2D eigenvalue weighted by Gasteiger charge is 2.35. The molecule has 2 heterocycles. The zero-order chi connectivity index (χ0) is 23.4. The molecule has 2 N–H and O–H groups in total. The van der Waals surface area contributed by atoms with Crippen LogP contribution in [-0.2, 0) is 4.79 Å². The van der Waals surface area contributed by atoms with Gasteiger partial charge in [0, 0.05) is 23.6 Å². The Hall–Kier alpha value is -4.00. The van der Waals surface area contributed by atoms with Gasteiger partial charge in [-0.15, -0.1) is 0 Å². The highest BCUT2D eigenvalue weighted by Crippen LogP contribution is 2.41. The zero-order valence-electron chi connectivity index (χ0n) is 18.8. The van der Waals surface area contributed by atoms with Gasteiger partial charge in [-0.25, -0.2) is 0 Å². The topological polar surface area (TPSA) is 89.8 Å². The number of nitrogens with one attached hydrogen (secondary N) is 2. The van der Waals surface area contributed by atoms with Gasteiger partial charge in [-0.2, -0.15) is 0 Å². The molecule has 0 radical (unpaired) electrons. The minimum atomic E-state index is -0.488. The minimum absolute atomic E-state index is 0.0764. The van der Waals surface area contributed by atoms with Crippen LogP contribution in [0.5, 0.6) is 11.5 Å². The van der Waals surface area contributed by atoms with E-state index in [1.165, 1.54) is 12.3 Å². The number of furan rings is 1. The van der Waals surface area contributed by atoms with Crippen LogP contribution in [-0.4, -0.2) is 24.5 Å². The fraction of sp³-hybridized carbons (Fsp3) is 0.231. The maximum atomic E-state index is 13.4. The van der Waals surface area contributed by atoms with Gasteiger partial charge < -0.3 is 24.5 Å². The lowest BCUT2D eigenvalue weighted by Gasteiger charge is -2.38.